The van der Waals surface area contributed by atoms with Gasteiger partial charge in [-0.05, 0) is 31.7 Å². The average molecular weight is 264 g/mol. The molecule has 1 amide bonds. The van der Waals surface area contributed by atoms with Crippen molar-refractivity contribution in [3.8, 4) is 0 Å². The van der Waals surface area contributed by atoms with E-state index in [4.69, 9.17) is 0 Å². The molecule has 0 spiro atoms. The van der Waals surface area contributed by atoms with Crippen LogP contribution in [-0.2, 0) is 4.79 Å². The molecule has 4 rings (SSSR count). The van der Waals surface area contributed by atoms with Crippen LogP contribution in [0.5, 0.6) is 0 Å². The zero-order valence-electron chi connectivity index (χ0n) is 11.5. The first-order valence-corrected chi connectivity index (χ1v) is 7.83. The molecule has 4 aliphatic rings. The van der Waals surface area contributed by atoms with Crippen molar-refractivity contribution in [2.75, 3.05) is 32.7 Å². The highest BCUT2D eigenvalue weighted by atomic mass is 16.2. The summed E-state index contributed by atoms with van der Waals surface area (Å²) in [6, 6.07) is 1.10. The molecule has 106 valence electrons. The molecule has 5 heteroatoms. The molecule has 2 unspecified atom stereocenters. The highest BCUT2D eigenvalue weighted by Crippen LogP contribution is 2.31. The van der Waals surface area contributed by atoms with Crippen LogP contribution in [-0.4, -0.2) is 66.7 Å². The van der Waals surface area contributed by atoms with Gasteiger partial charge in [-0.2, -0.15) is 0 Å². The molecule has 2 N–H and O–H groups in total. The van der Waals surface area contributed by atoms with Crippen molar-refractivity contribution in [1.29, 1.82) is 0 Å². The Morgan fingerprint density at radius 2 is 2.05 bits per heavy atom. The standard InChI is InChI=1S/C14H24N4O/c19-13-4-3-12-14(16-6-7-18(12)13)17-8-10-2-1-5-15-11(10)9-17/h10-12,14-16H,1-9H2/t10-,11+,12?,14?/m0/s1. The van der Waals surface area contributed by atoms with Crippen LogP contribution >= 0.6 is 0 Å². The van der Waals surface area contributed by atoms with Crippen LogP contribution in [0.15, 0.2) is 0 Å². The number of nitrogens with zero attached hydrogens (tertiary/aromatic N) is 2. The third kappa shape index (κ3) is 1.99. The van der Waals surface area contributed by atoms with Gasteiger partial charge in [-0.15, -0.1) is 0 Å². The summed E-state index contributed by atoms with van der Waals surface area (Å²) in [7, 11) is 0. The van der Waals surface area contributed by atoms with Crippen molar-refractivity contribution in [3.63, 3.8) is 0 Å². The maximum Gasteiger partial charge on any atom is 0.223 e. The molecule has 0 aliphatic carbocycles. The van der Waals surface area contributed by atoms with Crippen LogP contribution in [0.4, 0.5) is 0 Å². The molecule has 4 saturated heterocycles. The molecule has 0 bridgehead atoms. The fraction of sp³-hybridized carbons (Fsp3) is 0.929. The van der Waals surface area contributed by atoms with Crippen molar-refractivity contribution in [1.82, 2.24) is 20.4 Å². The number of piperazine rings is 1. The molecule has 4 fully saturated rings. The van der Waals surface area contributed by atoms with E-state index >= 15 is 0 Å². The lowest BCUT2D eigenvalue weighted by molar-refractivity contribution is -0.131. The minimum Gasteiger partial charge on any atom is -0.335 e. The minimum atomic E-state index is 0.367. The van der Waals surface area contributed by atoms with E-state index in [1.165, 1.54) is 25.9 Å². The summed E-state index contributed by atoms with van der Waals surface area (Å²) in [4.78, 5) is 16.6. The Balaban J connectivity index is 1.48. The van der Waals surface area contributed by atoms with Gasteiger partial charge < -0.3 is 10.2 Å². The molecule has 0 aromatic heterocycles. The maximum absolute atomic E-state index is 11.9. The van der Waals surface area contributed by atoms with Crippen LogP contribution in [0, 0.1) is 5.92 Å². The normalized spacial score (nSPS) is 43.4. The lowest BCUT2D eigenvalue weighted by Crippen LogP contribution is -2.62. The highest BCUT2D eigenvalue weighted by molar-refractivity contribution is 5.79. The second-order valence-corrected chi connectivity index (χ2v) is 6.51. The van der Waals surface area contributed by atoms with Gasteiger partial charge in [0.1, 0.15) is 0 Å². The third-order valence-corrected chi connectivity index (χ3v) is 5.47. The first-order valence-electron chi connectivity index (χ1n) is 7.83. The summed E-state index contributed by atoms with van der Waals surface area (Å²) in [6.45, 7) is 5.39. The number of carbonyl (C=O) groups is 1. The summed E-state index contributed by atoms with van der Waals surface area (Å²) >= 11 is 0. The number of hydrogen-bond acceptors (Lipinski definition) is 4. The Morgan fingerprint density at radius 3 is 2.95 bits per heavy atom. The Hall–Kier alpha value is -0.650. The second kappa shape index (κ2) is 4.72. The molecule has 0 aromatic carbocycles. The number of nitrogens with one attached hydrogen (secondary N) is 2. The Labute approximate surface area is 114 Å². The number of likely N-dealkylation sites (tertiary alicyclic amines) is 1. The van der Waals surface area contributed by atoms with Gasteiger partial charge in [-0.1, -0.05) is 0 Å². The van der Waals surface area contributed by atoms with Crippen LogP contribution in [0.2, 0.25) is 0 Å². The van der Waals surface area contributed by atoms with Crippen LogP contribution < -0.4 is 10.6 Å². The largest absolute Gasteiger partial charge is 0.335 e. The van der Waals surface area contributed by atoms with Crippen molar-refractivity contribution in [2.45, 2.75) is 43.9 Å². The summed E-state index contributed by atoms with van der Waals surface area (Å²) in [5, 5.41) is 7.34. The molecule has 5 nitrogen and oxygen atoms in total. The number of hydrogen-bond donors (Lipinski definition) is 2. The highest BCUT2D eigenvalue weighted by Gasteiger charge is 2.45. The zero-order chi connectivity index (χ0) is 12.8. The lowest BCUT2D eigenvalue weighted by Gasteiger charge is -2.42. The Bertz CT molecular complexity index is 360. The van der Waals surface area contributed by atoms with Gasteiger partial charge >= 0.3 is 0 Å². The maximum atomic E-state index is 11.9. The first-order chi connectivity index (χ1) is 9.33. The fourth-order valence-electron chi connectivity index (χ4n) is 4.52. The van der Waals surface area contributed by atoms with E-state index in [1.54, 1.807) is 0 Å². The molecule has 0 radical (unpaired) electrons. The Kier molecular flexibility index (Phi) is 3.01. The minimum absolute atomic E-state index is 0.367. The van der Waals surface area contributed by atoms with Crippen molar-refractivity contribution in [2.24, 2.45) is 5.92 Å². The number of amides is 1. The van der Waals surface area contributed by atoms with Gasteiger partial charge in [0, 0.05) is 38.6 Å². The van der Waals surface area contributed by atoms with Gasteiger partial charge in [0.05, 0.1) is 12.2 Å². The fourth-order valence-corrected chi connectivity index (χ4v) is 4.52. The van der Waals surface area contributed by atoms with Crippen molar-refractivity contribution < 1.29 is 4.79 Å². The van der Waals surface area contributed by atoms with E-state index < -0.39 is 0 Å². The van der Waals surface area contributed by atoms with E-state index in [1.807, 2.05) is 0 Å². The van der Waals surface area contributed by atoms with Crippen molar-refractivity contribution >= 4 is 5.91 Å². The summed E-state index contributed by atoms with van der Waals surface area (Å²) < 4.78 is 0. The molecular weight excluding hydrogens is 240 g/mol. The topological polar surface area (TPSA) is 47.6 Å². The zero-order valence-corrected chi connectivity index (χ0v) is 11.5. The summed E-state index contributed by atoms with van der Waals surface area (Å²) in [5.74, 6) is 1.19. The molecule has 19 heavy (non-hydrogen) atoms. The van der Waals surface area contributed by atoms with E-state index in [2.05, 4.69) is 20.4 Å². The molecule has 0 aromatic rings. The van der Waals surface area contributed by atoms with E-state index in [0.717, 1.165) is 38.4 Å². The van der Waals surface area contributed by atoms with Gasteiger partial charge in [-0.3, -0.25) is 15.0 Å². The molecule has 0 saturated carbocycles. The van der Waals surface area contributed by atoms with Gasteiger partial charge in [0.25, 0.3) is 0 Å². The van der Waals surface area contributed by atoms with Crippen molar-refractivity contribution in [3.05, 3.63) is 0 Å². The van der Waals surface area contributed by atoms with Crippen LogP contribution in [0.1, 0.15) is 25.7 Å². The van der Waals surface area contributed by atoms with E-state index in [9.17, 15) is 4.79 Å². The van der Waals surface area contributed by atoms with E-state index in [-0.39, 0.29) is 0 Å². The molecule has 4 atom stereocenters. The summed E-state index contributed by atoms with van der Waals surface area (Å²) in [6.07, 6.45) is 4.87. The quantitative estimate of drug-likeness (QED) is 0.676. The third-order valence-electron chi connectivity index (χ3n) is 5.47. The predicted octanol–water partition coefficient (Wildman–Crippen LogP) is -0.409. The van der Waals surface area contributed by atoms with Crippen LogP contribution in [0.3, 0.4) is 0 Å². The smallest absolute Gasteiger partial charge is 0.223 e. The van der Waals surface area contributed by atoms with Gasteiger partial charge in [0.2, 0.25) is 5.91 Å². The lowest BCUT2D eigenvalue weighted by atomic mass is 9.94. The molecule has 4 heterocycles. The number of rotatable bonds is 1. The molecular formula is C14H24N4O. The monoisotopic (exact) mass is 264 g/mol. The van der Waals surface area contributed by atoms with Gasteiger partial charge in [0.15, 0.2) is 0 Å². The number of fused-ring (bicyclic) bond motifs is 2. The second-order valence-electron chi connectivity index (χ2n) is 6.51. The summed E-state index contributed by atoms with van der Waals surface area (Å²) in [5.41, 5.74) is 0. The first kappa shape index (κ1) is 12.1. The number of carbonyl (C=O) groups excluding carboxylic acids is 1. The molecule has 4 aliphatic heterocycles. The predicted molar refractivity (Wildman–Crippen MR) is 72.6 cm³/mol. The van der Waals surface area contributed by atoms with Gasteiger partial charge in [-0.25, -0.2) is 0 Å². The number of piperidine rings is 1. The Morgan fingerprint density at radius 1 is 1.11 bits per heavy atom. The SMILES string of the molecule is O=C1CCC2C(N3C[C@@H]4CCCN[C@@H]4C3)NCCN12. The average Bonchev–Trinajstić information content (AvgIpc) is 3.03. The van der Waals surface area contributed by atoms with Crippen LogP contribution in [0.25, 0.3) is 0 Å². The van der Waals surface area contributed by atoms with E-state index in [0.29, 0.717) is 24.2 Å².